The lowest BCUT2D eigenvalue weighted by atomic mass is 10.2. The molecular weight excluding hydrogens is 207 g/mol. The van der Waals surface area contributed by atoms with Crippen molar-refractivity contribution < 1.29 is 9.13 Å². The highest BCUT2D eigenvalue weighted by atomic mass is 19.1. The molecule has 0 amide bonds. The highest BCUT2D eigenvalue weighted by Gasteiger charge is 2.01. The van der Waals surface area contributed by atoms with Gasteiger partial charge in [0.15, 0.2) is 0 Å². The van der Waals surface area contributed by atoms with Gasteiger partial charge in [-0.15, -0.1) is 0 Å². The van der Waals surface area contributed by atoms with Crippen LogP contribution in [-0.2, 0) is 0 Å². The number of nitrogens with zero attached hydrogens (tertiary/aromatic N) is 1. The van der Waals surface area contributed by atoms with E-state index in [2.05, 4.69) is 4.98 Å². The van der Waals surface area contributed by atoms with Crippen LogP contribution >= 0.6 is 0 Å². The van der Waals surface area contributed by atoms with Crippen molar-refractivity contribution in [2.24, 2.45) is 0 Å². The molecule has 2 rings (SSSR count). The number of anilines is 1. The van der Waals surface area contributed by atoms with Crippen molar-refractivity contribution in [2.45, 2.75) is 6.92 Å². The number of hydrogen-bond donors (Lipinski definition) is 1. The fourth-order valence-corrected chi connectivity index (χ4v) is 1.31. The number of pyridine rings is 1. The third kappa shape index (κ3) is 2.28. The van der Waals surface area contributed by atoms with Gasteiger partial charge in [0, 0.05) is 12.3 Å². The average molecular weight is 218 g/mol. The second-order valence-electron chi connectivity index (χ2n) is 3.43. The lowest BCUT2D eigenvalue weighted by molar-refractivity contribution is 0.479. The minimum atomic E-state index is -0.249. The van der Waals surface area contributed by atoms with Crippen molar-refractivity contribution in [3.63, 3.8) is 0 Å². The summed E-state index contributed by atoms with van der Waals surface area (Å²) in [6, 6.07) is 7.87. The summed E-state index contributed by atoms with van der Waals surface area (Å²) in [7, 11) is 0. The Kier molecular flexibility index (Phi) is 2.72. The fourth-order valence-electron chi connectivity index (χ4n) is 1.31. The maximum absolute atomic E-state index is 13.0. The molecule has 82 valence electrons. The van der Waals surface area contributed by atoms with Crippen LogP contribution in [0.5, 0.6) is 11.5 Å². The van der Waals surface area contributed by atoms with Crippen LogP contribution in [0.4, 0.5) is 10.2 Å². The van der Waals surface area contributed by atoms with Crippen LogP contribution in [0.1, 0.15) is 5.56 Å². The molecule has 16 heavy (non-hydrogen) atoms. The summed E-state index contributed by atoms with van der Waals surface area (Å²) < 4.78 is 18.5. The van der Waals surface area contributed by atoms with E-state index in [1.807, 2.05) is 0 Å². The predicted molar refractivity (Wildman–Crippen MR) is 59.9 cm³/mol. The Morgan fingerprint density at radius 1 is 1.19 bits per heavy atom. The minimum Gasteiger partial charge on any atom is -0.457 e. The maximum Gasteiger partial charge on any atom is 0.132 e. The molecule has 0 aliphatic heterocycles. The quantitative estimate of drug-likeness (QED) is 0.843. The summed E-state index contributed by atoms with van der Waals surface area (Å²) in [5.41, 5.74) is 6.06. The summed E-state index contributed by atoms with van der Waals surface area (Å²) in [6.07, 6.45) is 1.56. The van der Waals surface area contributed by atoms with Crippen LogP contribution in [0.3, 0.4) is 0 Å². The number of hydrogen-bond acceptors (Lipinski definition) is 3. The van der Waals surface area contributed by atoms with Gasteiger partial charge in [0.2, 0.25) is 0 Å². The molecule has 4 heteroatoms. The zero-order chi connectivity index (χ0) is 11.5. The predicted octanol–water partition coefficient (Wildman–Crippen LogP) is 2.90. The van der Waals surface area contributed by atoms with Crippen LogP contribution in [0.15, 0.2) is 36.5 Å². The van der Waals surface area contributed by atoms with Crippen LogP contribution in [-0.4, -0.2) is 4.98 Å². The molecule has 1 heterocycles. The smallest absolute Gasteiger partial charge is 0.132 e. The van der Waals surface area contributed by atoms with E-state index < -0.39 is 0 Å². The van der Waals surface area contributed by atoms with Crippen molar-refractivity contribution in [1.29, 1.82) is 0 Å². The van der Waals surface area contributed by atoms with Crippen LogP contribution in [0.25, 0.3) is 0 Å². The van der Waals surface area contributed by atoms with Gasteiger partial charge in [-0.2, -0.15) is 0 Å². The van der Waals surface area contributed by atoms with Gasteiger partial charge in [-0.1, -0.05) is 0 Å². The lowest BCUT2D eigenvalue weighted by Crippen LogP contribution is -1.91. The zero-order valence-corrected chi connectivity index (χ0v) is 8.77. The topological polar surface area (TPSA) is 48.1 Å². The second kappa shape index (κ2) is 4.18. The summed E-state index contributed by atoms with van der Waals surface area (Å²) >= 11 is 0. The fraction of sp³-hybridized carbons (Fsp3) is 0.0833. The largest absolute Gasteiger partial charge is 0.457 e. The molecule has 0 fully saturated rings. The monoisotopic (exact) mass is 218 g/mol. The molecule has 0 radical (unpaired) electrons. The summed E-state index contributed by atoms with van der Waals surface area (Å²) in [6.45, 7) is 1.68. The molecule has 0 atom stereocenters. The highest BCUT2D eigenvalue weighted by Crippen LogP contribution is 2.23. The molecule has 3 nitrogen and oxygen atoms in total. The van der Waals surface area contributed by atoms with Crippen LogP contribution in [0.2, 0.25) is 0 Å². The number of ether oxygens (including phenoxy) is 1. The molecular formula is C12H11FN2O. The van der Waals surface area contributed by atoms with E-state index in [1.165, 1.54) is 6.07 Å². The van der Waals surface area contributed by atoms with Gasteiger partial charge in [-0.25, -0.2) is 9.37 Å². The summed E-state index contributed by atoms with van der Waals surface area (Å²) in [5, 5.41) is 0. The zero-order valence-electron chi connectivity index (χ0n) is 8.77. The van der Waals surface area contributed by atoms with Crippen molar-refractivity contribution in [2.75, 3.05) is 5.73 Å². The number of nitrogens with two attached hydrogens (primary N) is 1. The van der Waals surface area contributed by atoms with E-state index >= 15 is 0 Å². The van der Waals surface area contributed by atoms with Gasteiger partial charge in [0.25, 0.3) is 0 Å². The molecule has 0 aliphatic carbocycles. The Labute approximate surface area is 92.7 Å². The Bertz CT molecular complexity index is 514. The number of aromatic nitrogens is 1. The molecule has 0 saturated carbocycles. The van der Waals surface area contributed by atoms with E-state index in [9.17, 15) is 4.39 Å². The number of aryl methyl sites for hydroxylation is 1. The SMILES string of the molecule is Cc1cc(Oc2ccnc(N)c2)ccc1F. The highest BCUT2D eigenvalue weighted by molar-refractivity contribution is 5.39. The van der Waals surface area contributed by atoms with Crippen LogP contribution < -0.4 is 10.5 Å². The molecule has 1 aromatic heterocycles. The van der Waals surface area contributed by atoms with Gasteiger partial charge in [0.05, 0.1) is 0 Å². The molecule has 1 aromatic carbocycles. The van der Waals surface area contributed by atoms with Gasteiger partial charge >= 0.3 is 0 Å². The van der Waals surface area contributed by atoms with Crippen LogP contribution in [0, 0.1) is 12.7 Å². The Balaban J connectivity index is 2.24. The van der Waals surface area contributed by atoms with E-state index in [0.717, 1.165) is 0 Å². The molecule has 0 bridgehead atoms. The first-order valence-electron chi connectivity index (χ1n) is 4.81. The van der Waals surface area contributed by atoms with Crippen molar-refractivity contribution in [1.82, 2.24) is 4.98 Å². The Morgan fingerprint density at radius 2 is 1.94 bits per heavy atom. The molecule has 0 unspecified atom stereocenters. The van der Waals surface area contributed by atoms with E-state index in [0.29, 0.717) is 22.9 Å². The summed E-state index contributed by atoms with van der Waals surface area (Å²) in [4.78, 5) is 3.85. The Morgan fingerprint density at radius 3 is 2.62 bits per heavy atom. The van der Waals surface area contributed by atoms with Gasteiger partial charge in [0.1, 0.15) is 23.1 Å². The third-order valence-corrected chi connectivity index (χ3v) is 2.12. The first-order valence-corrected chi connectivity index (χ1v) is 4.81. The van der Waals surface area contributed by atoms with E-state index in [4.69, 9.17) is 10.5 Å². The normalized spacial score (nSPS) is 10.1. The minimum absolute atomic E-state index is 0.249. The first-order chi connectivity index (χ1) is 7.65. The molecule has 0 aliphatic rings. The average Bonchev–Trinajstić information content (AvgIpc) is 2.24. The van der Waals surface area contributed by atoms with Gasteiger partial charge in [-0.3, -0.25) is 0 Å². The summed E-state index contributed by atoms with van der Waals surface area (Å²) in [5.74, 6) is 1.29. The van der Waals surface area contributed by atoms with Crippen molar-refractivity contribution in [3.8, 4) is 11.5 Å². The number of nitrogen functional groups attached to an aromatic ring is 1. The van der Waals surface area contributed by atoms with E-state index in [-0.39, 0.29) is 5.82 Å². The molecule has 0 saturated heterocycles. The van der Waals surface area contributed by atoms with E-state index in [1.54, 1.807) is 37.4 Å². The number of rotatable bonds is 2. The van der Waals surface area contributed by atoms with Gasteiger partial charge in [-0.05, 0) is 36.8 Å². The third-order valence-electron chi connectivity index (χ3n) is 2.12. The first kappa shape index (κ1) is 10.4. The standard InChI is InChI=1S/C12H11FN2O/c1-8-6-9(2-3-11(8)13)16-10-4-5-15-12(14)7-10/h2-7H,1H3,(H2,14,15). The Hall–Kier alpha value is -2.10. The maximum atomic E-state index is 13.0. The number of halogens is 1. The molecule has 2 aromatic rings. The van der Waals surface area contributed by atoms with Crippen molar-refractivity contribution >= 4 is 5.82 Å². The number of benzene rings is 1. The second-order valence-corrected chi connectivity index (χ2v) is 3.43. The lowest BCUT2D eigenvalue weighted by Gasteiger charge is -2.06. The molecule has 2 N–H and O–H groups in total. The van der Waals surface area contributed by atoms with Gasteiger partial charge < -0.3 is 10.5 Å². The molecule has 0 spiro atoms. The van der Waals surface area contributed by atoms with Crippen molar-refractivity contribution in [3.05, 3.63) is 47.9 Å².